The molecule has 0 aliphatic heterocycles. The largest absolute Gasteiger partial charge is 0.324 e. The van der Waals surface area contributed by atoms with Crippen molar-refractivity contribution in [2.24, 2.45) is 0 Å². The van der Waals surface area contributed by atoms with E-state index in [-0.39, 0.29) is 11.2 Å². The summed E-state index contributed by atoms with van der Waals surface area (Å²) in [5, 5.41) is 4.26. The van der Waals surface area contributed by atoms with Crippen LogP contribution >= 0.6 is 46.6 Å². The van der Waals surface area contributed by atoms with Gasteiger partial charge in [0, 0.05) is 14.9 Å². The first-order valence-corrected chi connectivity index (χ1v) is 8.69. The lowest BCUT2D eigenvalue weighted by atomic mass is 10.2. The van der Waals surface area contributed by atoms with Gasteiger partial charge in [-0.15, -0.1) is 11.8 Å². The Morgan fingerprint density at radius 3 is 2.32 bits per heavy atom. The van der Waals surface area contributed by atoms with Gasteiger partial charge in [0.15, 0.2) is 0 Å². The maximum Gasteiger partial charge on any atom is 0.237 e. The van der Waals surface area contributed by atoms with Crippen LogP contribution in [0.4, 0.5) is 5.69 Å². The fraction of sp³-hybridized carbons (Fsp3) is 0.188. The molecule has 1 amide bonds. The van der Waals surface area contributed by atoms with Crippen molar-refractivity contribution in [1.29, 1.82) is 0 Å². The summed E-state index contributed by atoms with van der Waals surface area (Å²) in [4.78, 5) is 13.4. The average molecular weight is 375 g/mol. The molecule has 0 bridgehead atoms. The molecule has 6 heteroatoms. The van der Waals surface area contributed by atoms with Gasteiger partial charge in [-0.25, -0.2) is 0 Å². The molecule has 0 saturated carbocycles. The Kier molecular flexibility index (Phi) is 6.45. The van der Waals surface area contributed by atoms with Gasteiger partial charge >= 0.3 is 0 Å². The molecule has 0 aromatic heterocycles. The smallest absolute Gasteiger partial charge is 0.237 e. The standard InChI is InChI=1S/C16H14Cl3NOS/c1-2-15(22-12-6-3-10(17)4-7-12)16(21)20-14-8-5-11(18)9-13(14)19/h3-9,15H,2H2,1H3,(H,20,21)/t15-/m1/s1. The summed E-state index contributed by atoms with van der Waals surface area (Å²) < 4.78 is 0. The van der Waals surface area contributed by atoms with Crippen LogP contribution in [0.5, 0.6) is 0 Å². The van der Waals surface area contributed by atoms with Crippen molar-refractivity contribution in [2.75, 3.05) is 5.32 Å². The number of nitrogens with one attached hydrogen (secondary N) is 1. The Morgan fingerprint density at radius 2 is 1.73 bits per heavy atom. The zero-order chi connectivity index (χ0) is 16.1. The van der Waals surface area contributed by atoms with Crippen LogP contribution in [0, 0.1) is 0 Å². The second-order valence-corrected chi connectivity index (χ2v) is 7.14. The average Bonchev–Trinajstić information content (AvgIpc) is 2.49. The molecule has 0 aliphatic carbocycles. The van der Waals surface area contributed by atoms with E-state index in [1.807, 2.05) is 31.2 Å². The Labute approximate surface area is 149 Å². The summed E-state index contributed by atoms with van der Waals surface area (Å²) in [7, 11) is 0. The van der Waals surface area contributed by atoms with Crippen LogP contribution in [0.2, 0.25) is 15.1 Å². The molecule has 0 radical (unpaired) electrons. The third-order valence-electron chi connectivity index (χ3n) is 2.94. The molecule has 0 saturated heterocycles. The third-order valence-corrected chi connectivity index (χ3v) is 5.12. The van der Waals surface area contributed by atoms with E-state index in [0.717, 1.165) is 4.90 Å². The van der Waals surface area contributed by atoms with Crippen LogP contribution in [-0.2, 0) is 4.79 Å². The quantitative estimate of drug-likeness (QED) is 0.635. The number of carbonyl (C=O) groups excluding carboxylic acids is 1. The summed E-state index contributed by atoms with van der Waals surface area (Å²) in [6.45, 7) is 1.97. The third kappa shape index (κ3) is 4.82. The number of hydrogen-bond acceptors (Lipinski definition) is 2. The van der Waals surface area contributed by atoms with Crippen LogP contribution in [0.3, 0.4) is 0 Å². The van der Waals surface area contributed by atoms with Gasteiger partial charge in [0.25, 0.3) is 0 Å². The number of rotatable bonds is 5. The van der Waals surface area contributed by atoms with E-state index in [0.29, 0.717) is 27.2 Å². The minimum Gasteiger partial charge on any atom is -0.324 e. The molecular formula is C16H14Cl3NOS. The van der Waals surface area contributed by atoms with Gasteiger partial charge in [0.1, 0.15) is 0 Å². The highest BCUT2D eigenvalue weighted by atomic mass is 35.5. The van der Waals surface area contributed by atoms with Crippen LogP contribution in [0.1, 0.15) is 13.3 Å². The minimum absolute atomic E-state index is 0.0910. The lowest BCUT2D eigenvalue weighted by molar-refractivity contribution is -0.115. The summed E-state index contributed by atoms with van der Waals surface area (Å²) in [5.74, 6) is -0.0910. The number of benzene rings is 2. The van der Waals surface area contributed by atoms with Crippen molar-refractivity contribution in [3.8, 4) is 0 Å². The van der Waals surface area contributed by atoms with Gasteiger partial charge in [-0.2, -0.15) is 0 Å². The molecule has 0 heterocycles. The summed E-state index contributed by atoms with van der Waals surface area (Å²) >= 11 is 19.3. The van der Waals surface area contributed by atoms with E-state index in [1.165, 1.54) is 11.8 Å². The van der Waals surface area contributed by atoms with E-state index in [4.69, 9.17) is 34.8 Å². The Morgan fingerprint density at radius 1 is 1.09 bits per heavy atom. The molecule has 0 aliphatic rings. The zero-order valence-electron chi connectivity index (χ0n) is 11.8. The van der Waals surface area contributed by atoms with Crippen molar-refractivity contribution >= 4 is 58.2 Å². The second-order valence-electron chi connectivity index (χ2n) is 4.58. The highest BCUT2D eigenvalue weighted by molar-refractivity contribution is 8.00. The molecular weight excluding hydrogens is 361 g/mol. The van der Waals surface area contributed by atoms with Gasteiger partial charge in [0.2, 0.25) is 5.91 Å². The van der Waals surface area contributed by atoms with Gasteiger partial charge in [-0.3, -0.25) is 4.79 Å². The first-order chi connectivity index (χ1) is 10.5. The Bertz CT molecular complexity index is 661. The number of halogens is 3. The molecule has 2 aromatic rings. The van der Waals surface area contributed by atoms with Gasteiger partial charge < -0.3 is 5.32 Å². The molecule has 0 fully saturated rings. The normalized spacial score (nSPS) is 12.0. The lowest BCUT2D eigenvalue weighted by Crippen LogP contribution is -2.24. The molecule has 1 N–H and O–H groups in total. The number of anilines is 1. The molecule has 1 atom stereocenters. The molecule has 22 heavy (non-hydrogen) atoms. The molecule has 2 aromatic carbocycles. The van der Waals surface area contributed by atoms with E-state index < -0.39 is 0 Å². The topological polar surface area (TPSA) is 29.1 Å². The van der Waals surface area contributed by atoms with Crippen LogP contribution in [-0.4, -0.2) is 11.2 Å². The second kappa shape index (κ2) is 8.11. The Balaban J connectivity index is 2.06. The first-order valence-electron chi connectivity index (χ1n) is 6.67. The molecule has 116 valence electrons. The zero-order valence-corrected chi connectivity index (χ0v) is 14.9. The predicted octanol–water partition coefficient (Wildman–Crippen LogP) is 6.16. The number of amides is 1. The highest BCUT2D eigenvalue weighted by Crippen LogP contribution is 2.30. The predicted molar refractivity (Wildman–Crippen MR) is 96.5 cm³/mol. The molecule has 0 spiro atoms. The van der Waals surface area contributed by atoms with Crippen molar-refractivity contribution in [1.82, 2.24) is 0 Å². The monoisotopic (exact) mass is 373 g/mol. The fourth-order valence-corrected chi connectivity index (χ4v) is 3.34. The van der Waals surface area contributed by atoms with Gasteiger partial charge in [-0.05, 0) is 48.9 Å². The van der Waals surface area contributed by atoms with Crippen molar-refractivity contribution < 1.29 is 4.79 Å². The van der Waals surface area contributed by atoms with Crippen LogP contribution in [0.25, 0.3) is 0 Å². The molecule has 2 nitrogen and oxygen atoms in total. The van der Waals surface area contributed by atoms with Gasteiger partial charge in [0.05, 0.1) is 16.0 Å². The first kappa shape index (κ1) is 17.5. The SMILES string of the molecule is CC[C@@H](Sc1ccc(Cl)cc1)C(=O)Nc1ccc(Cl)cc1Cl. The van der Waals surface area contributed by atoms with Crippen LogP contribution < -0.4 is 5.32 Å². The maximum absolute atomic E-state index is 12.4. The van der Waals surface area contributed by atoms with Crippen molar-refractivity contribution in [2.45, 2.75) is 23.5 Å². The van der Waals surface area contributed by atoms with Crippen molar-refractivity contribution in [3.05, 3.63) is 57.5 Å². The Hall–Kier alpha value is -0.870. The van der Waals surface area contributed by atoms with E-state index >= 15 is 0 Å². The number of thioether (sulfide) groups is 1. The fourth-order valence-electron chi connectivity index (χ4n) is 1.80. The highest BCUT2D eigenvalue weighted by Gasteiger charge is 2.19. The van der Waals surface area contributed by atoms with E-state index in [2.05, 4.69) is 5.32 Å². The lowest BCUT2D eigenvalue weighted by Gasteiger charge is -2.15. The summed E-state index contributed by atoms with van der Waals surface area (Å²) in [6, 6.07) is 12.4. The molecule has 0 unspecified atom stereocenters. The number of carbonyl (C=O) groups is 1. The van der Waals surface area contributed by atoms with Crippen LogP contribution in [0.15, 0.2) is 47.4 Å². The summed E-state index contributed by atoms with van der Waals surface area (Å²) in [5.41, 5.74) is 0.561. The number of hydrogen-bond donors (Lipinski definition) is 1. The minimum atomic E-state index is -0.215. The summed E-state index contributed by atoms with van der Waals surface area (Å²) in [6.07, 6.45) is 0.699. The van der Waals surface area contributed by atoms with E-state index in [1.54, 1.807) is 18.2 Å². The maximum atomic E-state index is 12.4. The molecule has 2 rings (SSSR count). The van der Waals surface area contributed by atoms with E-state index in [9.17, 15) is 4.79 Å². The van der Waals surface area contributed by atoms with Crippen molar-refractivity contribution in [3.63, 3.8) is 0 Å². The van der Waals surface area contributed by atoms with Gasteiger partial charge in [-0.1, -0.05) is 41.7 Å².